The zero-order valence-electron chi connectivity index (χ0n) is 18.3. The molecule has 0 aromatic heterocycles. The molecule has 6 heteroatoms. The molecule has 0 heterocycles. The van der Waals surface area contributed by atoms with Crippen LogP contribution in [0.25, 0.3) is 0 Å². The van der Waals surface area contributed by atoms with Crippen LogP contribution in [-0.2, 0) is 10.1 Å². The molecule has 27 heavy (non-hydrogen) atoms. The van der Waals surface area contributed by atoms with Crippen LogP contribution in [0.15, 0.2) is 0 Å². The molecule has 0 fully saturated rings. The maximum atomic E-state index is 10.5. The van der Waals surface area contributed by atoms with E-state index in [0.717, 1.165) is 13.0 Å². The molecule has 4 nitrogen and oxygen atoms in total. The molecule has 0 aromatic carbocycles. The zero-order valence-corrected chi connectivity index (χ0v) is 21.1. The van der Waals surface area contributed by atoms with E-state index >= 15 is 0 Å². The van der Waals surface area contributed by atoms with Gasteiger partial charge in [0, 0.05) is 36.1 Å². The van der Waals surface area contributed by atoms with Gasteiger partial charge in [-0.05, 0) is 13.0 Å². The van der Waals surface area contributed by atoms with Gasteiger partial charge in [-0.25, -0.2) is 0 Å². The van der Waals surface area contributed by atoms with Crippen LogP contribution in [-0.4, -0.2) is 61.4 Å². The normalized spacial score (nSPS) is 11.5. The Labute approximate surface area is 192 Å². The van der Waals surface area contributed by atoms with Gasteiger partial charge in [0.05, 0.1) is 5.75 Å². The summed E-state index contributed by atoms with van der Waals surface area (Å²) in [6.45, 7) is 3.46. The van der Waals surface area contributed by atoms with Crippen LogP contribution < -0.4 is 5.32 Å². The predicted octanol–water partition coefficient (Wildman–Crippen LogP) is 5.73. The monoisotopic (exact) mass is 414 g/mol. The van der Waals surface area contributed by atoms with Gasteiger partial charge in [0.25, 0.3) is 10.1 Å². The van der Waals surface area contributed by atoms with E-state index in [9.17, 15) is 8.42 Å². The fourth-order valence-corrected chi connectivity index (χ4v) is 3.70. The minimum atomic E-state index is -3.81. The first-order chi connectivity index (χ1) is 12.6. The van der Waals surface area contributed by atoms with Crippen LogP contribution in [0.5, 0.6) is 0 Å². The molecular formula is C21H45NNaO3S. The number of rotatable bonds is 21. The summed E-state index contributed by atoms with van der Waals surface area (Å²) in [7, 11) is -3.81. The van der Waals surface area contributed by atoms with E-state index in [2.05, 4.69) is 12.2 Å². The summed E-state index contributed by atoms with van der Waals surface area (Å²) in [5, 5.41) is 3.05. The Bertz CT molecular complexity index is 378. The van der Waals surface area contributed by atoms with Crippen LogP contribution in [0.4, 0.5) is 0 Å². The van der Waals surface area contributed by atoms with Crippen molar-refractivity contribution >= 4 is 39.7 Å². The van der Waals surface area contributed by atoms with Crippen molar-refractivity contribution in [3.63, 3.8) is 0 Å². The van der Waals surface area contributed by atoms with Gasteiger partial charge in [-0.3, -0.25) is 4.55 Å². The van der Waals surface area contributed by atoms with Gasteiger partial charge in [-0.1, -0.05) is 110 Å². The van der Waals surface area contributed by atoms with Gasteiger partial charge in [0.1, 0.15) is 0 Å². The van der Waals surface area contributed by atoms with Gasteiger partial charge in [-0.2, -0.15) is 8.42 Å². The van der Waals surface area contributed by atoms with E-state index < -0.39 is 10.1 Å². The second kappa shape index (κ2) is 23.2. The maximum absolute atomic E-state index is 10.5. The van der Waals surface area contributed by atoms with Gasteiger partial charge in [0.15, 0.2) is 0 Å². The Morgan fingerprint density at radius 1 is 0.593 bits per heavy atom. The van der Waals surface area contributed by atoms with Crippen LogP contribution >= 0.6 is 0 Å². The first-order valence-electron chi connectivity index (χ1n) is 11.2. The van der Waals surface area contributed by atoms with Crippen molar-refractivity contribution in [2.45, 2.75) is 116 Å². The fraction of sp³-hybridized carbons (Fsp3) is 1.00. The van der Waals surface area contributed by atoms with Crippen molar-refractivity contribution in [3.8, 4) is 0 Å². The molecule has 0 aliphatic heterocycles. The van der Waals surface area contributed by atoms with E-state index in [0.29, 0.717) is 6.54 Å². The average Bonchev–Trinajstić information content (AvgIpc) is 2.59. The smallest absolute Gasteiger partial charge is 0.266 e. The zero-order chi connectivity index (χ0) is 19.3. The van der Waals surface area contributed by atoms with Gasteiger partial charge < -0.3 is 5.32 Å². The third-order valence-electron chi connectivity index (χ3n) is 4.99. The minimum absolute atomic E-state index is 0. The molecule has 0 amide bonds. The van der Waals surface area contributed by atoms with E-state index in [1.165, 1.54) is 103 Å². The van der Waals surface area contributed by atoms with Gasteiger partial charge in [0.2, 0.25) is 0 Å². The van der Waals surface area contributed by atoms with Crippen molar-refractivity contribution in [1.82, 2.24) is 5.32 Å². The van der Waals surface area contributed by atoms with Crippen molar-refractivity contribution < 1.29 is 13.0 Å². The number of unbranched alkanes of at least 4 members (excludes halogenated alkanes) is 16. The molecule has 2 N–H and O–H groups in total. The quantitative estimate of drug-likeness (QED) is 0.143. The van der Waals surface area contributed by atoms with Crippen molar-refractivity contribution in [3.05, 3.63) is 0 Å². The van der Waals surface area contributed by atoms with E-state index in [1.807, 2.05) is 0 Å². The van der Waals surface area contributed by atoms with Gasteiger partial charge in [-0.15, -0.1) is 0 Å². The Morgan fingerprint density at radius 3 is 1.26 bits per heavy atom. The molecule has 0 rings (SSSR count). The molecular weight excluding hydrogens is 369 g/mol. The maximum Gasteiger partial charge on any atom is 0.266 e. The molecule has 0 aliphatic carbocycles. The summed E-state index contributed by atoms with van der Waals surface area (Å²) in [5.41, 5.74) is 0. The molecule has 0 saturated carbocycles. The molecule has 159 valence electrons. The third-order valence-corrected chi connectivity index (χ3v) is 5.71. The molecule has 0 unspecified atom stereocenters. The summed E-state index contributed by atoms with van der Waals surface area (Å²) in [4.78, 5) is 0. The standard InChI is InChI=1S/C21H45NO3S.Na/c1-2-3-4-5-6-7-8-9-10-11-12-13-14-15-16-17-18-19-22-20-21-26(23,24)25;/h22H,2-21H2,1H3,(H,23,24,25);. The van der Waals surface area contributed by atoms with E-state index in [4.69, 9.17) is 4.55 Å². The first kappa shape index (κ1) is 30.1. The van der Waals surface area contributed by atoms with Crippen LogP contribution in [0.3, 0.4) is 0 Å². The number of hydrogen-bond donors (Lipinski definition) is 2. The molecule has 0 aromatic rings. The summed E-state index contributed by atoms with van der Waals surface area (Å²) in [6.07, 6.45) is 23.2. The molecule has 0 aliphatic rings. The van der Waals surface area contributed by atoms with Crippen molar-refractivity contribution in [1.29, 1.82) is 0 Å². The van der Waals surface area contributed by atoms with Gasteiger partial charge >= 0.3 is 0 Å². The number of nitrogens with one attached hydrogen (secondary N) is 1. The molecule has 1 radical (unpaired) electrons. The van der Waals surface area contributed by atoms with Crippen LogP contribution in [0, 0.1) is 0 Å². The Morgan fingerprint density at radius 2 is 0.926 bits per heavy atom. The summed E-state index contributed by atoms with van der Waals surface area (Å²) >= 11 is 0. The summed E-state index contributed by atoms with van der Waals surface area (Å²) < 4.78 is 29.7. The molecule has 0 spiro atoms. The molecule has 0 atom stereocenters. The molecule has 0 bridgehead atoms. The second-order valence-corrected chi connectivity index (χ2v) is 9.26. The Kier molecular flexibility index (Phi) is 25.8. The number of hydrogen-bond acceptors (Lipinski definition) is 3. The van der Waals surface area contributed by atoms with Crippen molar-refractivity contribution in [2.24, 2.45) is 0 Å². The largest absolute Gasteiger partial charge is 0.316 e. The first-order valence-corrected chi connectivity index (χ1v) is 12.8. The topological polar surface area (TPSA) is 66.4 Å². The average molecular weight is 415 g/mol. The Hall–Kier alpha value is 0.870. The summed E-state index contributed by atoms with van der Waals surface area (Å²) in [6, 6.07) is 0. The molecule has 0 saturated heterocycles. The van der Waals surface area contributed by atoms with Crippen LogP contribution in [0.2, 0.25) is 0 Å². The fourth-order valence-electron chi connectivity index (χ4n) is 3.30. The predicted molar refractivity (Wildman–Crippen MR) is 119 cm³/mol. The minimum Gasteiger partial charge on any atom is -0.316 e. The third kappa shape index (κ3) is 29.2. The second-order valence-electron chi connectivity index (χ2n) is 7.69. The van der Waals surface area contributed by atoms with Crippen LogP contribution in [0.1, 0.15) is 116 Å². The Balaban J connectivity index is 0. The van der Waals surface area contributed by atoms with E-state index in [1.54, 1.807) is 0 Å². The van der Waals surface area contributed by atoms with Crippen molar-refractivity contribution in [2.75, 3.05) is 18.8 Å². The SMILES string of the molecule is CCCCCCCCCCCCCCCCCCCNCCS(=O)(=O)O.[Na]. The van der Waals surface area contributed by atoms with E-state index in [-0.39, 0.29) is 35.3 Å². The summed E-state index contributed by atoms with van der Waals surface area (Å²) in [5.74, 6) is -0.189.